The maximum Gasteiger partial charge on any atom is 0.416 e. The van der Waals surface area contributed by atoms with E-state index in [0.717, 1.165) is 23.0 Å². The zero-order valence-corrected chi connectivity index (χ0v) is 18.2. The van der Waals surface area contributed by atoms with E-state index in [9.17, 15) is 22.8 Å². The molecule has 0 atom stereocenters. The highest BCUT2D eigenvalue weighted by Crippen LogP contribution is 2.29. The van der Waals surface area contributed by atoms with Crippen molar-refractivity contribution in [2.24, 2.45) is 5.10 Å². The van der Waals surface area contributed by atoms with Crippen molar-refractivity contribution in [3.8, 4) is 0 Å². The average Bonchev–Trinajstić information content (AvgIpc) is 3.16. The third-order valence-corrected chi connectivity index (χ3v) is 5.50. The number of hydrazone groups is 1. The summed E-state index contributed by atoms with van der Waals surface area (Å²) in [6, 6.07) is 12.1. The number of fused-ring (bicyclic) bond motifs is 1. The summed E-state index contributed by atoms with van der Waals surface area (Å²) < 4.78 is 45.7. The third-order valence-electron chi connectivity index (χ3n) is 5.50. The Bertz CT molecular complexity index is 1210. The van der Waals surface area contributed by atoms with Crippen molar-refractivity contribution in [2.75, 3.05) is 26.3 Å². The van der Waals surface area contributed by atoms with Crippen LogP contribution in [0.4, 0.5) is 13.2 Å². The van der Waals surface area contributed by atoms with Crippen LogP contribution in [-0.4, -0.2) is 53.8 Å². The summed E-state index contributed by atoms with van der Waals surface area (Å²) in [4.78, 5) is 26.6. The molecule has 10 heteroatoms. The van der Waals surface area contributed by atoms with Gasteiger partial charge in [-0.3, -0.25) is 9.59 Å². The van der Waals surface area contributed by atoms with E-state index < -0.39 is 17.6 Å². The molecule has 1 aliphatic heterocycles. The Morgan fingerprint density at radius 2 is 1.85 bits per heavy atom. The molecule has 1 aromatic heterocycles. The summed E-state index contributed by atoms with van der Waals surface area (Å²) in [5.41, 5.74) is 3.33. The Morgan fingerprint density at radius 1 is 1.09 bits per heavy atom. The van der Waals surface area contributed by atoms with Gasteiger partial charge < -0.3 is 14.2 Å². The van der Waals surface area contributed by atoms with Gasteiger partial charge in [0.2, 0.25) is 11.8 Å². The van der Waals surface area contributed by atoms with Gasteiger partial charge in [-0.15, -0.1) is 0 Å². The lowest BCUT2D eigenvalue weighted by molar-refractivity contribution is -0.138. The molecular formula is C24H23F3N4O3. The van der Waals surface area contributed by atoms with Crippen LogP contribution in [0.1, 0.15) is 16.7 Å². The molecule has 0 saturated carbocycles. The second-order valence-corrected chi connectivity index (χ2v) is 7.89. The van der Waals surface area contributed by atoms with Gasteiger partial charge in [0.25, 0.3) is 0 Å². The highest BCUT2D eigenvalue weighted by molar-refractivity contribution is 6.00. The van der Waals surface area contributed by atoms with Crippen LogP contribution in [0.2, 0.25) is 0 Å². The van der Waals surface area contributed by atoms with Crippen LogP contribution in [0, 0.1) is 0 Å². The molecule has 7 nitrogen and oxygen atoms in total. The quantitative estimate of drug-likeness (QED) is 0.442. The van der Waals surface area contributed by atoms with E-state index in [4.69, 9.17) is 4.74 Å². The number of halogens is 3. The van der Waals surface area contributed by atoms with Crippen LogP contribution in [0.3, 0.4) is 0 Å². The number of aromatic nitrogens is 1. The van der Waals surface area contributed by atoms with Gasteiger partial charge in [0.1, 0.15) is 6.54 Å². The van der Waals surface area contributed by atoms with Crippen molar-refractivity contribution in [2.45, 2.75) is 19.1 Å². The lowest BCUT2D eigenvalue weighted by Crippen LogP contribution is -2.42. The minimum atomic E-state index is -4.47. The number of hydrogen-bond acceptors (Lipinski definition) is 4. The van der Waals surface area contributed by atoms with Crippen LogP contribution in [-0.2, 0) is 33.5 Å². The van der Waals surface area contributed by atoms with Gasteiger partial charge in [-0.25, -0.2) is 5.43 Å². The molecule has 34 heavy (non-hydrogen) atoms. The molecule has 3 aromatic rings. The van der Waals surface area contributed by atoms with E-state index in [2.05, 4.69) is 10.5 Å². The zero-order chi connectivity index (χ0) is 24.1. The topological polar surface area (TPSA) is 75.9 Å². The highest BCUT2D eigenvalue weighted by Gasteiger charge is 2.30. The SMILES string of the molecule is O=C(Cc1cccc(C(F)(F)F)c1)NN=Cc1cn(CC(=O)N2CCOCC2)c2ccccc12. The first kappa shape index (κ1) is 23.5. The normalized spacial score (nSPS) is 14.6. The van der Waals surface area contributed by atoms with Crippen LogP contribution in [0.25, 0.3) is 10.9 Å². The molecular weight excluding hydrogens is 449 g/mol. The number of carbonyl (C=O) groups is 2. The Hall–Kier alpha value is -3.66. The van der Waals surface area contributed by atoms with Gasteiger partial charge >= 0.3 is 6.18 Å². The van der Waals surface area contributed by atoms with Gasteiger partial charge in [0.15, 0.2) is 0 Å². The number of morpholine rings is 1. The van der Waals surface area contributed by atoms with E-state index in [0.29, 0.717) is 31.9 Å². The minimum Gasteiger partial charge on any atom is -0.378 e. The first-order valence-electron chi connectivity index (χ1n) is 10.7. The number of carbonyl (C=O) groups excluding carboxylic acids is 2. The number of rotatable bonds is 6. The molecule has 0 radical (unpaired) electrons. The van der Waals surface area contributed by atoms with Crippen molar-refractivity contribution in [1.82, 2.24) is 14.9 Å². The number of ether oxygens (including phenoxy) is 1. The van der Waals surface area contributed by atoms with Crippen molar-refractivity contribution in [1.29, 1.82) is 0 Å². The molecule has 4 rings (SSSR count). The minimum absolute atomic E-state index is 0.0121. The molecule has 0 aliphatic carbocycles. The molecule has 1 fully saturated rings. The van der Waals surface area contributed by atoms with Crippen molar-refractivity contribution in [3.05, 3.63) is 71.4 Å². The predicted molar refractivity (Wildman–Crippen MR) is 120 cm³/mol. The first-order chi connectivity index (χ1) is 16.3. The maximum atomic E-state index is 12.9. The number of para-hydroxylation sites is 1. The number of amides is 2. The third kappa shape index (κ3) is 5.63. The van der Waals surface area contributed by atoms with E-state index in [-0.39, 0.29) is 24.4 Å². The summed E-state index contributed by atoms with van der Waals surface area (Å²) in [6.45, 7) is 2.33. The monoisotopic (exact) mass is 472 g/mol. The maximum absolute atomic E-state index is 12.9. The van der Waals surface area contributed by atoms with E-state index in [1.165, 1.54) is 18.3 Å². The molecule has 2 aromatic carbocycles. The summed E-state index contributed by atoms with van der Waals surface area (Å²) in [7, 11) is 0. The van der Waals surface area contributed by atoms with Gasteiger partial charge in [0, 0.05) is 35.8 Å². The average molecular weight is 472 g/mol. The molecule has 1 aliphatic rings. The Kier molecular flexibility index (Phi) is 6.97. The van der Waals surface area contributed by atoms with Gasteiger partial charge in [-0.1, -0.05) is 36.4 Å². The van der Waals surface area contributed by atoms with Crippen molar-refractivity contribution < 1.29 is 27.5 Å². The molecule has 178 valence electrons. The van der Waals surface area contributed by atoms with Crippen LogP contribution >= 0.6 is 0 Å². The molecule has 1 saturated heterocycles. The number of nitrogens with zero attached hydrogens (tertiary/aromatic N) is 3. The Morgan fingerprint density at radius 3 is 2.62 bits per heavy atom. The summed E-state index contributed by atoms with van der Waals surface area (Å²) in [5.74, 6) is -0.552. The van der Waals surface area contributed by atoms with Gasteiger partial charge in [-0.05, 0) is 17.7 Å². The standard InChI is InChI=1S/C24H23F3N4O3/c25-24(26,27)19-5-3-4-17(12-19)13-22(32)29-28-14-18-15-31(21-7-2-1-6-20(18)21)16-23(33)30-8-10-34-11-9-30/h1-7,12,14-15H,8-11,13,16H2,(H,29,32). The Balaban J connectivity index is 1.43. The molecule has 2 amide bonds. The largest absolute Gasteiger partial charge is 0.416 e. The number of benzene rings is 2. The van der Waals surface area contributed by atoms with Crippen LogP contribution in [0.15, 0.2) is 59.8 Å². The lowest BCUT2D eigenvalue weighted by atomic mass is 10.1. The van der Waals surface area contributed by atoms with E-state index >= 15 is 0 Å². The van der Waals surface area contributed by atoms with Crippen molar-refractivity contribution >= 4 is 28.9 Å². The predicted octanol–water partition coefficient (Wildman–Crippen LogP) is 3.21. The molecule has 2 heterocycles. The van der Waals surface area contributed by atoms with Crippen molar-refractivity contribution in [3.63, 3.8) is 0 Å². The fourth-order valence-corrected chi connectivity index (χ4v) is 3.82. The molecule has 0 unspecified atom stereocenters. The first-order valence-corrected chi connectivity index (χ1v) is 10.7. The lowest BCUT2D eigenvalue weighted by Gasteiger charge is -2.27. The van der Waals surface area contributed by atoms with Gasteiger partial charge in [-0.2, -0.15) is 18.3 Å². The number of alkyl halides is 3. The summed E-state index contributed by atoms with van der Waals surface area (Å²) in [6.07, 6.45) is -1.47. The van der Waals surface area contributed by atoms with Crippen LogP contribution < -0.4 is 5.43 Å². The highest BCUT2D eigenvalue weighted by atomic mass is 19.4. The second-order valence-electron chi connectivity index (χ2n) is 7.89. The fourth-order valence-electron chi connectivity index (χ4n) is 3.82. The number of nitrogens with one attached hydrogen (secondary N) is 1. The van der Waals surface area contributed by atoms with Crippen LogP contribution in [0.5, 0.6) is 0 Å². The van der Waals surface area contributed by atoms with E-state index in [1.807, 2.05) is 28.8 Å². The van der Waals surface area contributed by atoms with Gasteiger partial charge in [0.05, 0.1) is 31.4 Å². The van der Waals surface area contributed by atoms with E-state index in [1.54, 1.807) is 11.1 Å². The zero-order valence-electron chi connectivity index (χ0n) is 18.2. The summed E-state index contributed by atoms with van der Waals surface area (Å²) >= 11 is 0. The molecule has 0 spiro atoms. The molecule has 1 N–H and O–H groups in total. The number of hydrogen-bond donors (Lipinski definition) is 1. The Labute approximate surface area is 193 Å². The second kappa shape index (κ2) is 10.1. The smallest absolute Gasteiger partial charge is 0.378 e. The fraction of sp³-hybridized carbons (Fsp3) is 0.292. The molecule has 0 bridgehead atoms. The summed E-state index contributed by atoms with van der Waals surface area (Å²) in [5, 5.41) is 4.82.